The van der Waals surface area contributed by atoms with Gasteiger partial charge in [0.1, 0.15) is 5.75 Å². The molecule has 1 atom stereocenters. The second kappa shape index (κ2) is 11.0. The summed E-state index contributed by atoms with van der Waals surface area (Å²) in [6.45, 7) is 1.94. The molecule has 2 saturated heterocycles. The van der Waals surface area contributed by atoms with Crippen LogP contribution in [0.25, 0.3) is 0 Å². The summed E-state index contributed by atoms with van der Waals surface area (Å²) in [5, 5.41) is 13.6. The summed E-state index contributed by atoms with van der Waals surface area (Å²) in [5.74, 6) is -1.02. The molecule has 2 aromatic carbocycles. The van der Waals surface area contributed by atoms with Crippen LogP contribution < -0.4 is 15.0 Å². The second-order valence-electron chi connectivity index (χ2n) is 9.93. The molecule has 2 heterocycles. The molecule has 0 bridgehead atoms. The van der Waals surface area contributed by atoms with Crippen molar-refractivity contribution < 1.29 is 32.6 Å². The Morgan fingerprint density at radius 3 is 2.37 bits per heavy atom. The number of methoxy groups -OCH3 is 1. The van der Waals surface area contributed by atoms with Gasteiger partial charge < -0.3 is 25.0 Å². The van der Waals surface area contributed by atoms with E-state index in [0.29, 0.717) is 16.5 Å². The zero-order valence-corrected chi connectivity index (χ0v) is 22.0. The van der Waals surface area contributed by atoms with Crippen LogP contribution in [0.1, 0.15) is 35.2 Å². The standard InChI is InChI=1S/C27H31ClF3N3O4/c1-32-24(35)22-7-6-20(14-23(22)28)33-10-8-17(9-11-33)12-18-15-34(16-18)25(36)26(37,27(29,30)31)19-4-3-5-21(13-19)38-2/h3-7,13-14,17-18,37H,8-12,15-16H2,1-2H3,(H,32,35)/t26-/m1/s1. The van der Waals surface area contributed by atoms with Crippen LogP contribution >= 0.6 is 11.6 Å². The number of hydrogen-bond acceptors (Lipinski definition) is 5. The van der Waals surface area contributed by atoms with Crippen molar-refractivity contribution in [2.75, 3.05) is 45.2 Å². The van der Waals surface area contributed by atoms with E-state index in [1.807, 2.05) is 6.07 Å². The number of alkyl halides is 3. The van der Waals surface area contributed by atoms with Gasteiger partial charge in [-0.1, -0.05) is 23.7 Å². The normalized spacial score (nSPS) is 18.5. The van der Waals surface area contributed by atoms with Crippen molar-refractivity contribution in [3.05, 3.63) is 58.6 Å². The monoisotopic (exact) mass is 553 g/mol. The average molecular weight is 554 g/mol. The molecule has 2 aliphatic rings. The Balaban J connectivity index is 1.32. The zero-order valence-electron chi connectivity index (χ0n) is 21.2. The fourth-order valence-electron chi connectivity index (χ4n) is 5.29. The fraction of sp³-hybridized carbons (Fsp3) is 0.481. The van der Waals surface area contributed by atoms with Gasteiger partial charge in [-0.3, -0.25) is 9.59 Å². The number of rotatable bonds is 7. The molecule has 38 heavy (non-hydrogen) atoms. The molecule has 0 aliphatic carbocycles. The van der Waals surface area contributed by atoms with Gasteiger partial charge in [-0.2, -0.15) is 13.2 Å². The zero-order chi connectivity index (χ0) is 27.7. The number of likely N-dealkylation sites (tertiary alicyclic amines) is 1. The van der Waals surface area contributed by atoms with Crippen LogP contribution in [0.3, 0.4) is 0 Å². The molecule has 2 aromatic rings. The van der Waals surface area contributed by atoms with E-state index in [9.17, 15) is 27.9 Å². The second-order valence-corrected chi connectivity index (χ2v) is 10.3. The van der Waals surface area contributed by atoms with Gasteiger partial charge in [-0.05, 0) is 61.4 Å². The van der Waals surface area contributed by atoms with Gasteiger partial charge in [0.05, 0.1) is 17.7 Å². The number of benzene rings is 2. The first kappa shape index (κ1) is 28.0. The van der Waals surface area contributed by atoms with Gasteiger partial charge in [0, 0.05) is 44.5 Å². The summed E-state index contributed by atoms with van der Waals surface area (Å²) in [6.07, 6.45) is -2.58. The molecular weight excluding hydrogens is 523 g/mol. The minimum Gasteiger partial charge on any atom is -0.497 e. The van der Waals surface area contributed by atoms with E-state index in [4.69, 9.17) is 16.3 Å². The molecule has 0 aromatic heterocycles. The quantitative estimate of drug-likeness (QED) is 0.536. The summed E-state index contributed by atoms with van der Waals surface area (Å²) in [5.41, 5.74) is -2.84. The number of carbonyl (C=O) groups excluding carboxylic acids is 2. The molecule has 0 saturated carbocycles. The lowest BCUT2D eigenvalue weighted by atomic mass is 9.82. The average Bonchev–Trinajstić information content (AvgIpc) is 2.88. The van der Waals surface area contributed by atoms with Crippen LogP contribution in [0, 0.1) is 11.8 Å². The number of aliphatic hydroxyl groups is 1. The van der Waals surface area contributed by atoms with Crippen molar-refractivity contribution >= 4 is 29.1 Å². The lowest BCUT2D eigenvalue weighted by Crippen LogP contribution is -2.61. The number of carbonyl (C=O) groups is 2. The smallest absolute Gasteiger partial charge is 0.430 e. The number of piperidine rings is 1. The Bertz CT molecular complexity index is 1180. The minimum atomic E-state index is -5.18. The molecule has 4 rings (SSSR count). The fourth-order valence-corrected chi connectivity index (χ4v) is 5.55. The lowest BCUT2D eigenvalue weighted by Gasteiger charge is -2.45. The first-order valence-electron chi connectivity index (χ1n) is 12.5. The molecule has 206 valence electrons. The Labute approximate surface area is 224 Å². The van der Waals surface area contributed by atoms with Crippen LogP contribution in [-0.2, 0) is 10.4 Å². The van der Waals surface area contributed by atoms with Gasteiger partial charge in [0.2, 0.25) is 0 Å². The van der Waals surface area contributed by atoms with Crippen molar-refractivity contribution in [2.45, 2.75) is 31.0 Å². The van der Waals surface area contributed by atoms with Crippen LogP contribution in [-0.4, -0.2) is 68.3 Å². The Kier molecular flexibility index (Phi) is 8.13. The van der Waals surface area contributed by atoms with Crippen LogP contribution in [0.5, 0.6) is 5.75 Å². The Morgan fingerprint density at radius 1 is 1.11 bits per heavy atom. The molecular formula is C27H31ClF3N3O4. The van der Waals surface area contributed by atoms with E-state index in [1.165, 1.54) is 19.2 Å². The third-order valence-electron chi connectivity index (χ3n) is 7.52. The summed E-state index contributed by atoms with van der Waals surface area (Å²) >= 11 is 6.29. The highest BCUT2D eigenvalue weighted by Crippen LogP contribution is 2.43. The van der Waals surface area contributed by atoms with Crippen molar-refractivity contribution in [2.24, 2.45) is 11.8 Å². The van der Waals surface area contributed by atoms with E-state index in [-0.39, 0.29) is 30.7 Å². The maximum Gasteiger partial charge on any atom is 0.430 e. The minimum absolute atomic E-state index is 0.0829. The number of halogens is 4. The topological polar surface area (TPSA) is 82.1 Å². The van der Waals surface area contributed by atoms with E-state index in [2.05, 4.69) is 10.2 Å². The van der Waals surface area contributed by atoms with Crippen molar-refractivity contribution in [1.82, 2.24) is 10.2 Å². The molecule has 2 aliphatic heterocycles. The van der Waals surface area contributed by atoms with E-state index in [1.54, 1.807) is 19.2 Å². The van der Waals surface area contributed by atoms with E-state index >= 15 is 0 Å². The number of anilines is 1. The highest BCUT2D eigenvalue weighted by Gasteiger charge is 2.63. The molecule has 0 unspecified atom stereocenters. The molecule has 2 N–H and O–H groups in total. The number of hydrogen-bond donors (Lipinski definition) is 2. The van der Waals surface area contributed by atoms with Crippen molar-refractivity contribution in [3.63, 3.8) is 0 Å². The summed E-state index contributed by atoms with van der Waals surface area (Å²) < 4.78 is 46.9. The maximum atomic E-state index is 14.0. The van der Waals surface area contributed by atoms with Gasteiger partial charge in [-0.15, -0.1) is 0 Å². The van der Waals surface area contributed by atoms with E-state index in [0.717, 1.165) is 55.1 Å². The third kappa shape index (κ3) is 5.42. The highest BCUT2D eigenvalue weighted by molar-refractivity contribution is 6.34. The third-order valence-corrected chi connectivity index (χ3v) is 7.84. The van der Waals surface area contributed by atoms with Crippen LogP contribution in [0.2, 0.25) is 5.02 Å². The van der Waals surface area contributed by atoms with Crippen LogP contribution in [0.15, 0.2) is 42.5 Å². The molecule has 2 amide bonds. The van der Waals surface area contributed by atoms with Crippen molar-refractivity contribution in [3.8, 4) is 5.75 Å². The first-order valence-corrected chi connectivity index (χ1v) is 12.8. The summed E-state index contributed by atoms with van der Waals surface area (Å²) in [7, 11) is 2.85. The number of nitrogens with one attached hydrogen (secondary N) is 1. The van der Waals surface area contributed by atoms with Gasteiger partial charge >= 0.3 is 6.18 Å². The number of nitrogens with zero attached hydrogens (tertiary/aromatic N) is 2. The van der Waals surface area contributed by atoms with E-state index < -0.39 is 23.2 Å². The van der Waals surface area contributed by atoms with Crippen molar-refractivity contribution in [1.29, 1.82) is 0 Å². The molecule has 11 heteroatoms. The molecule has 0 spiro atoms. The largest absolute Gasteiger partial charge is 0.497 e. The Hall–Kier alpha value is -2.98. The van der Waals surface area contributed by atoms with Gasteiger partial charge in [0.25, 0.3) is 17.4 Å². The number of amides is 2. The Morgan fingerprint density at radius 2 is 1.79 bits per heavy atom. The lowest BCUT2D eigenvalue weighted by molar-refractivity contribution is -0.264. The molecule has 2 fully saturated rings. The predicted molar refractivity (Wildman–Crippen MR) is 137 cm³/mol. The SMILES string of the molecule is CNC(=O)c1ccc(N2CCC(CC3CN(C(=O)[C@](O)(c4cccc(OC)c4)C(F)(F)F)C3)CC2)cc1Cl. The molecule has 0 radical (unpaired) electrons. The highest BCUT2D eigenvalue weighted by atomic mass is 35.5. The van der Waals surface area contributed by atoms with Gasteiger partial charge in [0.15, 0.2) is 0 Å². The molecule has 7 nitrogen and oxygen atoms in total. The predicted octanol–water partition coefficient (Wildman–Crippen LogP) is 4.22. The van der Waals surface area contributed by atoms with Crippen LogP contribution in [0.4, 0.5) is 18.9 Å². The first-order chi connectivity index (χ1) is 18.0. The number of ether oxygens (including phenoxy) is 1. The van der Waals surface area contributed by atoms with Gasteiger partial charge in [-0.25, -0.2) is 0 Å². The maximum absolute atomic E-state index is 14.0. The summed E-state index contributed by atoms with van der Waals surface area (Å²) in [6, 6.07) is 10.2. The summed E-state index contributed by atoms with van der Waals surface area (Å²) in [4.78, 5) is 28.1.